The number of esters is 1. The first-order valence-corrected chi connectivity index (χ1v) is 5.52. The molecule has 0 amide bonds. The monoisotopic (exact) mass is 224 g/mol. The lowest BCUT2D eigenvalue weighted by molar-refractivity contribution is -0.166. The molecule has 0 aromatic heterocycles. The average Bonchev–Trinajstić information content (AvgIpc) is 2.86. The summed E-state index contributed by atoms with van der Waals surface area (Å²) in [4.78, 5) is 23.1. The van der Waals surface area contributed by atoms with Gasteiger partial charge in [-0.2, -0.15) is 0 Å². The number of carboxylic acid groups (broad SMARTS) is 1. The first kappa shape index (κ1) is 11.2. The zero-order chi connectivity index (χ0) is 11.9. The van der Waals surface area contributed by atoms with Gasteiger partial charge >= 0.3 is 11.9 Å². The van der Waals surface area contributed by atoms with E-state index in [0.29, 0.717) is 12.3 Å². The Morgan fingerprint density at radius 1 is 1.50 bits per heavy atom. The zero-order valence-corrected chi connectivity index (χ0v) is 9.47. The quantitative estimate of drug-likeness (QED) is 0.582. The molecule has 0 spiro atoms. The molecule has 4 nitrogen and oxygen atoms in total. The number of ether oxygens (including phenoxy) is 1. The molecule has 2 aliphatic rings. The minimum absolute atomic E-state index is 0.0241. The van der Waals surface area contributed by atoms with Crippen molar-refractivity contribution in [2.75, 3.05) is 7.11 Å². The molecule has 4 atom stereocenters. The number of allylic oxidation sites excluding steroid dienone is 2. The first-order chi connectivity index (χ1) is 7.52. The fraction of sp³-hybridized carbons (Fsp3) is 0.667. The Balaban J connectivity index is 2.38. The molecule has 0 saturated heterocycles. The lowest BCUT2D eigenvalue weighted by Crippen LogP contribution is -2.45. The topological polar surface area (TPSA) is 63.6 Å². The van der Waals surface area contributed by atoms with Crippen LogP contribution < -0.4 is 0 Å². The van der Waals surface area contributed by atoms with Gasteiger partial charge in [-0.25, -0.2) is 0 Å². The molecule has 16 heavy (non-hydrogen) atoms. The van der Waals surface area contributed by atoms with E-state index in [9.17, 15) is 9.59 Å². The van der Waals surface area contributed by atoms with Crippen LogP contribution in [0.5, 0.6) is 0 Å². The number of rotatable bonds is 3. The van der Waals surface area contributed by atoms with Crippen LogP contribution in [-0.2, 0) is 14.3 Å². The van der Waals surface area contributed by atoms with Gasteiger partial charge in [-0.05, 0) is 24.7 Å². The normalized spacial score (nSPS) is 37.4. The standard InChI is InChI=1S/C12H16O4/c1-7(10(13)14)12(11(15)16-2)6-8-3-4-9(12)5-8/h3-4,7-9H,5-6H2,1-2H3,(H,13,14). The molecule has 2 aliphatic carbocycles. The number of fused-ring (bicyclic) bond motifs is 2. The Labute approximate surface area is 94.3 Å². The van der Waals surface area contributed by atoms with Crippen LogP contribution in [0.4, 0.5) is 0 Å². The number of carbonyl (C=O) groups excluding carboxylic acids is 1. The maximum atomic E-state index is 12.0. The molecule has 2 bridgehead atoms. The minimum Gasteiger partial charge on any atom is -0.481 e. The van der Waals surface area contributed by atoms with Gasteiger partial charge in [-0.1, -0.05) is 19.1 Å². The average molecular weight is 224 g/mol. The fourth-order valence-corrected chi connectivity index (χ4v) is 3.21. The summed E-state index contributed by atoms with van der Waals surface area (Å²) in [5, 5.41) is 9.15. The van der Waals surface area contributed by atoms with E-state index in [2.05, 4.69) is 6.08 Å². The second-order valence-corrected chi connectivity index (χ2v) is 4.78. The van der Waals surface area contributed by atoms with Crippen molar-refractivity contribution < 1.29 is 19.4 Å². The molecule has 0 radical (unpaired) electrons. The van der Waals surface area contributed by atoms with Gasteiger partial charge in [0.2, 0.25) is 0 Å². The van der Waals surface area contributed by atoms with Gasteiger partial charge in [0.15, 0.2) is 0 Å². The molecule has 0 aliphatic heterocycles. The molecule has 0 heterocycles. The number of carbonyl (C=O) groups is 2. The fourth-order valence-electron chi connectivity index (χ4n) is 3.21. The van der Waals surface area contributed by atoms with Crippen molar-refractivity contribution in [1.29, 1.82) is 0 Å². The Bertz CT molecular complexity index is 360. The van der Waals surface area contributed by atoms with Crippen molar-refractivity contribution in [1.82, 2.24) is 0 Å². The SMILES string of the molecule is COC(=O)C1(C(C)C(=O)O)CC2C=CC1C2. The predicted molar refractivity (Wildman–Crippen MR) is 56.6 cm³/mol. The van der Waals surface area contributed by atoms with E-state index in [1.807, 2.05) is 6.08 Å². The summed E-state index contributed by atoms with van der Waals surface area (Å²) in [6.45, 7) is 1.60. The van der Waals surface area contributed by atoms with Crippen molar-refractivity contribution in [3.8, 4) is 0 Å². The van der Waals surface area contributed by atoms with Crippen LogP contribution in [0.1, 0.15) is 19.8 Å². The van der Waals surface area contributed by atoms with Crippen LogP contribution in [0, 0.1) is 23.2 Å². The van der Waals surface area contributed by atoms with E-state index in [4.69, 9.17) is 9.84 Å². The maximum Gasteiger partial charge on any atom is 0.313 e. The molecule has 4 unspecified atom stereocenters. The van der Waals surface area contributed by atoms with E-state index >= 15 is 0 Å². The summed E-state index contributed by atoms with van der Waals surface area (Å²) in [7, 11) is 1.33. The Hall–Kier alpha value is -1.32. The van der Waals surface area contributed by atoms with Crippen LogP contribution in [0.15, 0.2) is 12.2 Å². The van der Waals surface area contributed by atoms with E-state index in [1.54, 1.807) is 6.92 Å². The molecule has 88 valence electrons. The molecule has 1 N–H and O–H groups in total. The summed E-state index contributed by atoms with van der Waals surface area (Å²) in [5.74, 6) is -1.63. The Morgan fingerprint density at radius 3 is 2.56 bits per heavy atom. The van der Waals surface area contributed by atoms with E-state index in [-0.39, 0.29) is 11.9 Å². The van der Waals surface area contributed by atoms with Crippen LogP contribution in [0.2, 0.25) is 0 Å². The zero-order valence-electron chi connectivity index (χ0n) is 9.47. The lowest BCUT2D eigenvalue weighted by Gasteiger charge is -2.35. The van der Waals surface area contributed by atoms with Gasteiger partial charge in [0.1, 0.15) is 0 Å². The largest absolute Gasteiger partial charge is 0.481 e. The number of methoxy groups -OCH3 is 1. The van der Waals surface area contributed by atoms with Gasteiger partial charge in [0, 0.05) is 0 Å². The van der Waals surface area contributed by atoms with E-state index < -0.39 is 17.3 Å². The van der Waals surface area contributed by atoms with Crippen LogP contribution in [-0.4, -0.2) is 24.2 Å². The smallest absolute Gasteiger partial charge is 0.313 e. The van der Waals surface area contributed by atoms with Crippen molar-refractivity contribution in [3.05, 3.63) is 12.2 Å². The molecular weight excluding hydrogens is 208 g/mol. The summed E-state index contributed by atoms with van der Waals surface area (Å²) in [6.07, 6.45) is 5.55. The van der Waals surface area contributed by atoms with Crippen LogP contribution >= 0.6 is 0 Å². The first-order valence-electron chi connectivity index (χ1n) is 5.52. The second kappa shape index (κ2) is 3.61. The highest BCUT2D eigenvalue weighted by molar-refractivity contribution is 5.85. The molecule has 2 rings (SSSR count). The van der Waals surface area contributed by atoms with Gasteiger partial charge in [-0.15, -0.1) is 0 Å². The Morgan fingerprint density at radius 2 is 2.19 bits per heavy atom. The number of aliphatic carboxylic acids is 1. The van der Waals surface area contributed by atoms with Crippen molar-refractivity contribution in [2.24, 2.45) is 23.2 Å². The molecule has 0 aromatic rings. The molecule has 1 saturated carbocycles. The van der Waals surface area contributed by atoms with Crippen molar-refractivity contribution in [3.63, 3.8) is 0 Å². The number of hydrogen-bond donors (Lipinski definition) is 1. The summed E-state index contributed by atoms with van der Waals surface area (Å²) in [6, 6.07) is 0. The van der Waals surface area contributed by atoms with E-state index in [0.717, 1.165) is 6.42 Å². The summed E-state index contributed by atoms with van der Waals surface area (Å²) < 4.78 is 4.83. The second-order valence-electron chi connectivity index (χ2n) is 4.78. The van der Waals surface area contributed by atoms with Crippen molar-refractivity contribution >= 4 is 11.9 Å². The predicted octanol–water partition coefficient (Wildman–Crippen LogP) is 1.46. The molecule has 1 fully saturated rings. The molecular formula is C12H16O4. The van der Waals surface area contributed by atoms with E-state index in [1.165, 1.54) is 7.11 Å². The Kier molecular flexibility index (Phi) is 2.52. The third kappa shape index (κ3) is 1.29. The van der Waals surface area contributed by atoms with Gasteiger partial charge in [0.25, 0.3) is 0 Å². The van der Waals surface area contributed by atoms with Crippen LogP contribution in [0.3, 0.4) is 0 Å². The summed E-state index contributed by atoms with van der Waals surface area (Å²) in [5.41, 5.74) is -0.847. The van der Waals surface area contributed by atoms with Gasteiger partial charge < -0.3 is 9.84 Å². The molecule has 4 heteroatoms. The molecule has 0 aromatic carbocycles. The minimum atomic E-state index is -0.925. The third-order valence-corrected chi connectivity index (χ3v) is 4.14. The number of hydrogen-bond acceptors (Lipinski definition) is 3. The maximum absolute atomic E-state index is 12.0. The van der Waals surface area contributed by atoms with Gasteiger partial charge in [-0.3, -0.25) is 9.59 Å². The van der Waals surface area contributed by atoms with Crippen LogP contribution in [0.25, 0.3) is 0 Å². The van der Waals surface area contributed by atoms with Gasteiger partial charge in [0.05, 0.1) is 18.4 Å². The number of carboxylic acids is 1. The van der Waals surface area contributed by atoms with Crippen molar-refractivity contribution in [2.45, 2.75) is 19.8 Å². The summed E-state index contributed by atoms with van der Waals surface area (Å²) >= 11 is 0. The highest BCUT2D eigenvalue weighted by Gasteiger charge is 2.59. The lowest BCUT2D eigenvalue weighted by atomic mass is 9.67. The highest BCUT2D eigenvalue weighted by Crippen LogP contribution is 2.56. The highest BCUT2D eigenvalue weighted by atomic mass is 16.5. The third-order valence-electron chi connectivity index (χ3n) is 4.14.